The maximum absolute atomic E-state index is 4.81. The number of aromatic nitrogens is 2. The second-order valence-corrected chi connectivity index (χ2v) is 7.42. The van der Waals surface area contributed by atoms with Gasteiger partial charge in [0.2, 0.25) is 0 Å². The lowest BCUT2D eigenvalue weighted by Crippen LogP contribution is -2.18. The molecule has 116 valence electrons. The minimum absolute atomic E-state index is 1.03. The molecule has 1 fully saturated rings. The van der Waals surface area contributed by atoms with E-state index in [0.29, 0.717) is 0 Å². The normalized spacial score (nSPS) is 14.4. The molecule has 3 heterocycles. The number of pyridine rings is 1. The van der Waals surface area contributed by atoms with Gasteiger partial charge in [-0.05, 0) is 37.1 Å². The van der Waals surface area contributed by atoms with E-state index in [4.69, 9.17) is 4.98 Å². The van der Waals surface area contributed by atoms with Crippen LogP contribution in [0.15, 0.2) is 52.4 Å². The van der Waals surface area contributed by atoms with E-state index in [-0.39, 0.29) is 0 Å². The summed E-state index contributed by atoms with van der Waals surface area (Å²) in [6.07, 6.45) is 4.41. The van der Waals surface area contributed by atoms with Crippen LogP contribution in [0.1, 0.15) is 12.8 Å². The molecule has 0 amide bonds. The van der Waals surface area contributed by atoms with Crippen molar-refractivity contribution in [3.63, 3.8) is 0 Å². The molecule has 3 aromatic rings. The zero-order valence-corrected chi connectivity index (χ0v) is 15.0. The van der Waals surface area contributed by atoms with Crippen LogP contribution in [0.3, 0.4) is 0 Å². The Hall–Kier alpha value is -1.72. The van der Waals surface area contributed by atoms with Gasteiger partial charge in [0.05, 0.1) is 5.69 Å². The van der Waals surface area contributed by atoms with Gasteiger partial charge in [0, 0.05) is 40.3 Å². The Morgan fingerprint density at radius 1 is 1.00 bits per heavy atom. The minimum Gasteiger partial charge on any atom is -0.357 e. The zero-order valence-electron chi connectivity index (χ0n) is 12.6. The van der Waals surface area contributed by atoms with Gasteiger partial charge < -0.3 is 4.90 Å². The van der Waals surface area contributed by atoms with E-state index < -0.39 is 0 Å². The lowest BCUT2D eigenvalue weighted by molar-refractivity contribution is 0.938. The van der Waals surface area contributed by atoms with Crippen molar-refractivity contribution < 1.29 is 0 Å². The lowest BCUT2D eigenvalue weighted by atomic mass is 10.2. The fraction of sp³-hybridized carbons (Fsp3) is 0.222. The molecule has 2 aromatic heterocycles. The zero-order chi connectivity index (χ0) is 15.6. The Labute approximate surface area is 148 Å². The summed E-state index contributed by atoms with van der Waals surface area (Å²) >= 11 is 5.15. The van der Waals surface area contributed by atoms with Crippen molar-refractivity contribution >= 4 is 33.1 Å². The van der Waals surface area contributed by atoms with Crippen molar-refractivity contribution in [1.82, 2.24) is 9.97 Å². The molecule has 5 heteroatoms. The largest absolute Gasteiger partial charge is 0.357 e. The SMILES string of the molecule is Brc1ccc(-c2csc(-c3ccnc(N4CCCC4)c3)n2)cc1. The molecule has 1 aromatic carbocycles. The molecule has 0 aliphatic carbocycles. The first-order chi connectivity index (χ1) is 11.3. The second kappa shape index (κ2) is 6.42. The van der Waals surface area contributed by atoms with Crippen LogP contribution in [-0.2, 0) is 0 Å². The fourth-order valence-electron chi connectivity index (χ4n) is 2.83. The molecule has 1 saturated heterocycles. The topological polar surface area (TPSA) is 29.0 Å². The van der Waals surface area contributed by atoms with Crippen molar-refractivity contribution in [3.05, 3.63) is 52.4 Å². The van der Waals surface area contributed by atoms with Gasteiger partial charge in [-0.1, -0.05) is 28.1 Å². The molecule has 4 rings (SSSR count). The number of thiazole rings is 1. The second-order valence-electron chi connectivity index (χ2n) is 5.64. The standard InChI is InChI=1S/C18H16BrN3S/c19-15-5-3-13(4-6-15)16-12-23-18(21-16)14-7-8-20-17(11-14)22-9-1-2-10-22/h3-8,11-12H,1-2,9-10H2. The Bertz CT molecular complexity index is 807. The molecular weight excluding hydrogens is 370 g/mol. The van der Waals surface area contributed by atoms with E-state index >= 15 is 0 Å². The molecular formula is C18H16BrN3S. The number of nitrogens with zero attached hydrogens (tertiary/aromatic N) is 3. The van der Waals surface area contributed by atoms with Crippen LogP contribution in [0.4, 0.5) is 5.82 Å². The van der Waals surface area contributed by atoms with E-state index in [1.165, 1.54) is 12.8 Å². The van der Waals surface area contributed by atoms with Gasteiger partial charge in [-0.3, -0.25) is 0 Å². The third-order valence-electron chi connectivity index (χ3n) is 4.07. The molecule has 0 radical (unpaired) electrons. The molecule has 0 spiro atoms. The summed E-state index contributed by atoms with van der Waals surface area (Å²) in [7, 11) is 0. The summed E-state index contributed by atoms with van der Waals surface area (Å²) in [6, 6.07) is 12.5. The van der Waals surface area contributed by atoms with Crippen molar-refractivity contribution in [2.24, 2.45) is 0 Å². The van der Waals surface area contributed by atoms with Crippen LogP contribution < -0.4 is 4.90 Å². The molecule has 0 unspecified atom stereocenters. The Balaban J connectivity index is 1.63. The highest BCUT2D eigenvalue weighted by atomic mass is 79.9. The number of rotatable bonds is 3. The summed E-state index contributed by atoms with van der Waals surface area (Å²) in [5, 5.41) is 3.17. The molecule has 3 nitrogen and oxygen atoms in total. The highest BCUT2D eigenvalue weighted by Crippen LogP contribution is 2.31. The quantitative estimate of drug-likeness (QED) is 0.617. The Morgan fingerprint density at radius 3 is 2.57 bits per heavy atom. The Kier molecular flexibility index (Phi) is 4.14. The first-order valence-electron chi connectivity index (χ1n) is 7.72. The van der Waals surface area contributed by atoms with E-state index in [9.17, 15) is 0 Å². The van der Waals surface area contributed by atoms with Gasteiger partial charge in [0.25, 0.3) is 0 Å². The van der Waals surface area contributed by atoms with Crippen molar-refractivity contribution in [1.29, 1.82) is 0 Å². The lowest BCUT2D eigenvalue weighted by Gasteiger charge is -2.16. The van der Waals surface area contributed by atoms with Gasteiger partial charge in [-0.15, -0.1) is 11.3 Å². The summed E-state index contributed by atoms with van der Waals surface area (Å²) in [6.45, 7) is 2.22. The van der Waals surface area contributed by atoms with Crippen molar-refractivity contribution in [2.45, 2.75) is 12.8 Å². The summed E-state index contributed by atoms with van der Waals surface area (Å²) in [5.74, 6) is 1.07. The first kappa shape index (κ1) is 14.8. The number of hydrogen-bond acceptors (Lipinski definition) is 4. The van der Waals surface area contributed by atoms with Crippen LogP contribution >= 0.6 is 27.3 Å². The van der Waals surface area contributed by atoms with Gasteiger partial charge in [-0.2, -0.15) is 0 Å². The predicted octanol–water partition coefficient (Wildman–Crippen LogP) is 5.23. The highest BCUT2D eigenvalue weighted by molar-refractivity contribution is 9.10. The van der Waals surface area contributed by atoms with Gasteiger partial charge in [-0.25, -0.2) is 9.97 Å². The van der Waals surface area contributed by atoms with E-state index in [1.54, 1.807) is 11.3 Å². The summed E-state index contributed by atoms with van der Waals surface area (Å²) < 4.78 is 1.08. The minimum atomic E-state index is 1.03. The number of hydrogen-bond donors (Lipinski definition) is 0. The van der Waals surface area contributed by atoms with Crippen molar-refractivity contribution in [3.8, 4) is 21.8 Å². The Morgan fingerprint density at radius 2 is 1.78 bits per heavy atom. The average Bonchev–Trinajstić information content (AvgIpc) is 3.28. The number of anilines is 1. The smallest absolute Gasteiger partial charge is 0.129 e. The predicted molar refractivity (Wildman–Crippen MR) is 99.9 cm³/mol. The first-order valence-corrected chi connectivity index (χ1v) is 9.40. The monoisotopic (exact) mass is 385 g/mol. The third kappa shape index (κ3) is 3.16. The molecule has 0 atom stereocenters. The van der Waals surface area contributed by atoms with Crippen LogP contribution in [0.5, 0.6) is 0 Å². The van der Waals surface area contributed by atoms with E-state index in [2.05, 4.69) is 49.4 Å². The molecule has 1 aliphatic heterocycles. The van der Waals surface area contributed by atoms with Gasteiger partial charge >= 0.3 is 0 Å². The van der Waals surface area contributed by atoms with Gasteiger partial charge in [0.15, 0.2) is 0 Å². The van der Waals surface area contributed by atoms with Crippen LogP contribution in [0, 0.1) is 0 Å². The van der Waals surface area contributed by atoms with E-state index in [1.807, 2.05) is 24.4 Å². The molecule has 0 N–H and O–H groups in total. The third-order valence-corrected chi connectivity index (χ3v) is 5.49. The number of halogens is 1. The molecule has 0 bridgehead atoms. The molecule has 0 saturated carbocycles. The summed E-state index contributed by atoms with van der Waals surface area (Å²) in [4.78, 5) is 11.7. The van der Waals surface area contributed by atoms with Crippen LogP contribution in [0.2, 0.25) is 0 Å². The van der Waals surface area contributed by atoms with Crippen LogP contribution in [-0.4, -0.2) is 23.1 Å². The maximum Gasteiger partial charge on any atom is 0.129 e. The highest BCUT2D eigenvalue weighted by Gasteiger charge is 2.15. The van der Waals surface area contributed by atoms with Gasteiger partial charge in [0.1, 0.15) is 10.8 Å². The van der Waals surface area contributed by atoms with Crippen molar-refractivity contribution in [2.75, 3.05) is 18.0 Å². The van der Waals surface area contributed by atoms with E-state index in [0.717, 1.165) is 45.2 Å². The number of benzene rings is 1. The summed E-state index contributed by atoms with van der Waals surface area (Å²) in [5.41, 5.74) is 3.32. The molecule has 1 aliphatic rings. The average molecular weight is 386 g/mol. The maximum atomic E-state index is 4.81. The molecule has 23 heavy (non-hydrogen) atoms. The van der Waals surface area contributed by atoms with Crippen LogP contribution in [0.25, 0.3) is 21.8 Å². The fourth-order valence-corrected chi connectivity index (χ4v) is 3.92.